The maximum Gasteiger partial charge on any atom is 0.261 e. The zero-order chi connectivity index (χ0) is 28.4. The molecule has 0 unspecified atom stereocenters. The lowest BCUT2D eigenvalue weighted by molar-refractivity contribution is 0.0773. The summed E-state index contributed by atoms with van der Waals surface area (Å²) in [5, 5.41) is 1.20. The molecular weight excluding hydrogens is 583 g/mol. The van der Waals surface area contributed by atoms with Crippen LogP contribution in [0.3, 0.4) is 0 Å². The Hall–Kier alpha value is -3.09. The van der Waals surface area contributed by atoms with Crippen LogP contribution in [0.1, 0.15) is 29.8 Å². The number of nitrogens with one attached hydrogen (secondary N) is 3. The van der Waals surface area contributed by atoms with E-state index >= 15 is 0 Å². The summed E-state index contributed by atoms with van der Waals surface area (Å²) in [5.41, 5.74) is 1.85. The average Bonchev–Trinajstić information content (AvgIpc) is 3.32. The summed E-state index contributed by atoms with van der Waals surface area (Å²) in [6.07, 6.45) is 1.50. The van der Waals surface area contributed by atoms with Gasteiger partial charge in [0.15, 0.2) is 0 Å². The Morgan fingerprint density at radius 2 is 1.41 bits per heavy atom. The van der Waals surface area contributed by atoms with E-state index in [2.05, 4.69) is 14.4 Å². The summed E-state index contributed by atoms with van der Waals surface area (Å²) in [6.45, 7) is 4.99. The Morgan fingerprint density at radius 3 is 2.00 bits per heavy atom. The number of benzene rings is 3. The van der Waals surface area contributed by atoms with Crippen molar-refractivity contribution in [3.63, 3.8) is 0 Å². The third-order valence-corrected chi connectivity index (χ3v) is 9.55. The Morgan fingerprint density at radius 1 is 0.821 bits per heavy atom. The zero-order valence-corrected chi connectivity index (χ0v) is 24.2. The molecule has 39 heavy (non-hydrogen) atoms. The van der Waals surface area contributed by atoms with Crippen LogP contribution in [0, 0.1) is 0 Å². The quantitative estimate of drug-likeness (QED) is 0.227. The molecule has 3 N–H and O–H groups in total. The van der Waals surface area contributed by atoms with E-state index in [9.17, 15) is 21.6 Å². The van der Waals surface area contributed by atoms with Crippen LogP contribution in [0.25, 0.3) is 10.9 Å². The molecule has 4 aromatic rings. The maximum absolute atomic E-state index is 13.0. The van der Waals surface area contributed by atoms with Gasteiger partial charge in [-0.15, -0.1) is 0 Å². The molecule has 0 aliphatic heterocycles. The van der Waals surface area contributed by atoms with Crippen molar-refractivity contribution in [3.05, 3.63) is 88.0 Å². The topological polar surface area (TPSA) is 128 Å². The highest BCUT2D eigenvalue weighted by atomic mass is 35.5. The zero-order valence-electron chi connectivity index (χ0n) is 21.0. The number of rotatable bonds is 10. The molecule has 0 atom stereocenters. The number of carbonyl (C=O) groups excluding carboxylic acids is 1. The number of nitrogens with zero attached hydrogens (tertiary/aromatic N) is 1. The van der Waals surface area contributed by atoms with Gasteiger partial charge in [0.05, 0.1) is 31.0 Å². The molecule has 1 aromatic heterocycles. The lowest BCUT2D eigenvalue weighted by atomic mass is 10.1. The second-order valence-corrected chi connectivity index (χ2v) is 12.8. The number of H-pyrrole nitrogens is 1. The molecule has 0 saturated carbocycles. The van der Waals surface area contributed by atoms with Crippen LogP contribution in [0.4, 0.5) is 5.69 Å². The van der Waals surface area contributed by atoms with Crippen molar-refractivity contribution in [1.82, 2.24) is 14.6 Å². The number of fused-ring (bicyclic) bond motifs is 1. The molecule has 0 radical (unpaired) electrons. The molecule has 0 spiro atoms. The van der Waals surface area contributed by atoms with Crippen molar-refractivity contribution in [1.29, 1.82) is 0 Å². The number of hydrogen-bond acceptors (Lipinski definition) is 5. The fourth-order valence-corrected chi connectivity index (χ4v) is 6.62. The highest BCUT2D eigenvalue weighted by Crippen LogP contribution is 2.35. The van der Waals surface area contributed by atoms with Gasteiger partial charge in [-0.25, -0.2) is 21.6 Å². The van der Waals surface area contributed by atoms with Crippen LogP contribution in [-0.4, -0.2) is 45.7 Å². The standard InChI is InChI=1S/C26H26Cl2N4O5S2/c1-3-32(4-2)26(33)18-7-5-17(6-8-18)15-30-38(34,35)19-9-11-20(12-10-19)39(36,37)31-23-14-13-21(27)24-22(28)16-29-25(23)24/h5-14,16,29-31H,3-4,15H2,1-2H3. The minimum Gasteiger partial charge on any atom is -0.358 e. The van der Waals surface area contributed by atoms with Gasteiger partial charge in [0.1, 0.15) is 0 Å². The minimum atomic E-state index is -4.05. The number of aromatic nitrogens is 1. The summed E-state index contributed by atoms with van der Waals surface area (Å²) in [7, 11) is -7.98. The molecular formula is C26H26Cl2N4O5S2. The number of carbonyl (C=O) groups is 1. The van der Waals surface area contributed by atoms with E-state index in [-0.39, 0.29) is 27.9 Å². The molecule has 1 heterocycles. The highest BCUT2D eigenvalue weighted by molar-refractivity contribution is 7.92. The normalized spacial score (nSPS) is 12.0. The van der Waals surface area contributed by atoms with E-state index in [1.54, 1.807) is 29.2 Å². The van der Waals surface area contributed by atoms with Crippen LogP contribution in [0.5, 0.6) is 0 Å². The predicted octanol–water partition coefficient (Wildman–Crippen LogP) is 5.24. The van der Waals surface area contributed by atoms with Gasteiger partial charge in [0, 0.05) is 36.8 Å². The van der Waals surface area contributed by atoms with Crippen molar-refractivity contribution in [3.8, 4) is 0 Å². The number of aromatic amines is 1. The third kappa shape index (κ3) is 6.23. The van der Waals surface area contributed by atoms with Gasteiger partial charge in [-0.1, -0.05) is 35.3 Å². The molecule has 13 heteroatoms. The number of amides is 1. The molecule has 1 amide bonds. The maximum atomic E-state index is 13.0. The van der Waals surface area contributed by atoms with Gasteiger partial charge in [-0.3, -0.25) is 9.52 Å². The Labute approximate surface area is 237 Å². The van der Waals surface area contributed by atoms with E-state index in [0.717, 1.165) is 0 Å². The molecule has 206 valence electrons. The van der Waals surface area contributed by atoms with Crippen LogP contribution < -0.4 is 9.44 Å². The van der Waals surface area contributed by atoms with Gasteiger partial charge >= 0.3 is 0 Å². The smallest absolute Gasteiger partial charge is 0.261 e. The SMILES string of the molecule is CCN(CC)C(=O)c1ccc(CNS(=O)(=O)c2ccc(S(=O)(=O)Nc3ccc(Cl)c4c(Cl)c[nH]c34)cc2)cc1. The molecule has 4 rings (SSSR count). The average molecular weight is 610 g/mol. The first kappa shape index (κ1) is 28.9. The molecule has 0 bridgehead atoms. The first-order chi connectivity index (χ1) is 18.5. The minimum absolute atomic E-state index is 0.00501. The van der Waals surface area contributed by atoms with Crippen molar-refractivity contribution in [2.75, 3.05) is 17.8 Å². The van der Waals surface area contributed by atoms with Crippen molar-refractivity contribution >= 4 is 65.7 Å². The van der Waals surface area contributed by atoms with Gasteiger partial charge in [-0.05, 0) is 67.9 Å². The summed E-state index contributed by atoms with van der Waals surface area (Å²) in [4.78, 5) is 16.8. The van der Waals surface area contributed by atoms with Crippen molar-refractivity contribution in [2.24, 2.45) is 0 Å². The van der Waals surface area contributed by atoms with E-state index < -0.39 is 20.0 Å². The molecule has 3 aromatic carbocycles. The van der Waals surface area contributed by atoms with Crippen LogP contribution in [-0.2, 0) is 26.6 Å². The Balaban J connectivity index is 1.45. The van der Waals surface area contributed by atoms with E-state index in [0.29, 0.717) is 45.2 Å². The Bertz CT molecular complexity index is 1720. The first-order valence-electron chi connectivity index (χ1n) is 11.9. The fourth-order valence-electron chi connectivity index (χ4n) is 3.98. The third-order valence-electron chi connectivity index (χ3n) is 6.14. The lowest BCUT2D eigenvalue weighted by Crippen LogP contribution is -2.30. The van der Waals surface area contributed by atoms with E-state index in [1.165, 1.54) is 42.6 Å². The van der Waals surface area contributed by atoms with Crippen molar-refractivity contribution < 1.29 is 21.6 Å². The fraction of sp³-hybridized carbons (Fsp3) is 0.192. The number of sulfonamides is 2. The summed E-state index contributed by atoms with van der Waals surface area (Å²) in [6, 6.07) is 14.6. The molecule has 9 nitrogen and oxygen atoms in total. The van der Waals surface area contributed by atoms with Gasteiger partial charge in [0.2, 0.25) is 10.0 Å². The van der Waals surface area contributed by atoms with Gasteiger partial charge < -0.3 is 9.88 Å². The number of halogens is 2. The summed E-state index contributed by atoms with van der Waals surface area (Å²) in [5.74, 6) is -0.0890. The predicted molar refractivity (Wildman–Crippen MR) is 153 cm³/mol. The monoisotopic (exact) mass is 608 g/mol. The second kappa shape index (κ2) is 11.6. The largest absolute Gasteiger partial charge is 0.358 e. The van der Waals surface area contributed by atoms with Crippen LogP contribution in [0.2, 0.25) is 10.0 Å². The first-order valence-corrected chi connectivity index (χ1v) is 15.6. The Kier molecular flexibility index (Phi) is 8.57. The van der Waals surface area contributed by atoms with Gasteiger partial charge in [0.25, 0.3) is 15.9 Å². The highest BCUT2D eigenvalue weighted by Gasteiger charge is 2.20. The molecule has 0 aliphatic carbocycles. The van der Waals surface area contributed by atoms with E-state index in [4.69, 9.17) is 23.2 Å². The van der Waals surface area contributed by atoms with Crippen LogP contribution in [0.15, 0.2) is 76.7 Å². The second-order valence-electron chi connectivity index (χ2n) is 8.56. The van der Waals surface area contributed by atoms with E-state index in [1.807, 2.05) is 13.8 Å². The molecule has 0 aliphatic rings. The summed E-state index contributed by atoms with van der Waals surface area (Å²) >= 11 is 12.3. The lowest BCUT2D eigenvalue weighted by Gasteiger charge is -2.18. The van der Waals surface area contributed by atoms with Crippen LogP contribution >= 0.6 is 23.2 Å². The number of anilines is 1. The molecule has 0 fully saturated rings. The van der Waals surface area contributed by atoms with Crippen molar-refractivity contribution in [2.45, 2.75) is 30.2 Å². The summed E-state index contributed by atoms with van der Waals surface area (Å²) < 4.78 is 56.6. The molecule has 0 saturated heterocycles. The number of hydrogen-bond donors (Lipinski definition) is 3. The van der Waals surface area contributed by atoms with Gasteiger partial charge in [-0.2, -0.15) is 0 Å².